The average molecular weight is 372 g/mol. The molecule has 0 bridgehead atoms. The largest absolute Gasteiger partial charge is 0.479 e. The van der Waals surface area contributed by atoms with Gasteiger partial charge in [-0.2, -0.15) is 5.10 Å². The van der Waals surface area contributed by atoms with Crippen LogP contribution in [-0.2, 0) is 4.79 Å². The molecule has 1 amide bonds. The monoisotopic (exact) mass is 372 g/mol. The Balaban J connectivity index is 1.83. The quantitative estimate of drug-likeness (QED) is 0.636. The molecule has 1 aliphatic rings. The van der Waals surface area contributed by atoms with Crippen LogP contribution in [0, 0.1) is 10.1 Å². The first-order valence-electron chi connectivity index (χ1n) is 8.67. The van der Waals surface area contributed by atoms with E-state index in [2.05, 4.69) is 5.10 Å². The average Bonchev–Trinajstić information content (AvgIpc) is 3.17. The number of non-ortho nitro benzene ring substituents is 1. The predicted octanol–water partition coefficient (Wildman–Crippen LogP) is 2.64. The number of likely N-dealkylation sites (N-methyl/N-ethyl adjacent to an activating group) is 1. The van der Waals surface area contributed by atoms with Crippen molar-refractivity contribution < 1.29 is 19.6 Å². The lowest BCUT2D eigenvalue weighted by molar-refractivity contribution is -0.384. The molecule has 0 spiro atoms. The van der Waals surface area contributed by atoms with Crippen molar-refractivity contribution in [2.24, 2.45) is 0 Å². The molecule has 0 radical (unpaired) electrons. The molecule has 1 heterocycles. The van der Waals surface area contributed by atoms with Crippen LogP contribution in [-0.4, -0.2) is 49.2 Å². The summed E-state index contributed by atoms with van der Waals surface area (Å²) in [5.74, 6) is -1.45. The van der Waals surface area contributed by atoms with E-state index in [4.69, 9.17) is 0 Å². The molecule has 9 heteroatoms. The van der Waals surface area contributed by atoms with Crippen LogP contribution >= 0.6 is 0 Å². The molecular weight excluding hydrogens is 352 g/mol. The molecule has 1 N–H and O–H groups in total. The molecule has 142 valence electrons. The Labute approximate surface area is 155 Å². The Morgan fingerprint density at radius 1 is 1.19 bits per heavy atom. The van der Waals surface area contributed by atoms with Gasteiger partial charge in [-0.15, -0.1) is 0 Å². The molecule has 1 aromatic heterocycles. The number of hydrogen-bond donors (Lipinski definition) is 1. The second-order valence-corrected chi connectivity index (χ2v) is 6.68. The minimum atomic E-state index is -1.20. The Morgan fingerprint density at radius 3 is 2.37 bits per heavy atom. The van der Waals surface area contributed by atoms with Crippen LogP contribution in [0.4, 0.5) is 5.69 Å². The number of carboxylic acid groups (broad SMARTS) is 1. The number of carbonyl (C=O) groups is 2. The SMILES string of the molecule is CN(C(=O)c1ccn(-c2ccc([N+](=O)[O-])cc2)n1)C1(C(=O)O)CCCCC1. The summed E-state index contributed by atoms with van der Waals surface area (Å²) in [5.41, 5.74) is -0.551. The highest BCUT2D eigenvalue weighted by Gasteiger charge is 2.46. The van der Waals surface area contributed by atoms with E-state index < -0.39 is 22.3 Å². The van der Waals surface area contributed by atoms with Crippen molar-refractivity contribution in [2.45, 2.75) is 37.6 Å². The zero-order valence-electron chi connectivity index (χ0n) is 14.9. The summed E-state index contributed by atoms with van der Waals surface area (Å²) < 4.78 is 1.43. The van der Waals surface area contributed by atoms with Crippen molar-refractivity contribution in [3.8, 4) is 5.69 Å². The summed E-state index contributed by atoms with van der Waals surface area (Å²) in [4.78, 5) is 36.3. The zero-order chi connectivity index (χ0) is 19.6. The van der Waals surface area contributed by atoms with Gasteiger partial charge >= 0.3 is 5.97 Å². The van der Waals surface area contributed by atoms with Crippen LogP contribution in [0.25, 0.3) is 5.69 Å². The third kappa shape index (κ3) is 3.40. The van der Waals surface area contributed by atoms with E-state index in [1.165, 1.54) is 47.0 Å². The van der Waals surface area contributed by atoms with Crippen LogP contribution in [0.5, 0.6) is 0 Å². The maximum absolute atomic E-state index is 12.8. The zero-order valence-corrected chi connectivity index (χ0v) is 14.9. The van der Waals surface area contributed by atoms with Crippen LogP contribution in [0.1, 0.15) is 42.6 Å². The van der Waals surface area contributed by atoms with E-state index in [0.717, 1.165) is 19.3 Å². The van der Waals surface area contributed by atoms with Gasteiger partial charge in [0.05, 0.1) is 10.6 Å². The van der Waals surface area contributed by atoms with Crippen molar-refractivity contribution in [3.05, 3.63) is 52.3 Å². The first-order chi connectivity index (χ1) is 12.8. The molecule has 1 aromatic carbocycles. The highest BCUT2D eigenvalue weighted by atomic mass is 16.6. The van der Waals surface area contributed by atoms with Gasteiger partial charge in [0.15, 0.2) is 5.69 Å². The van der Waals surface area contributed by atoms with Crippen LogP contribution in [0.15, 0.2) is 36.5 Å². The summed E-state index contributed by atoms with van der Waals surface area (Å²) >= 11 is 0. The Morgan fingerprint density at radius 2 is 1.81 bits per heavy atom. The lowest BCUT2D eigenvalue weighted by Gasteiger charge is -2.40. The normalized spacial score (nSPS) is 15.9. The number of nitro groups is 1. The van der Waals surface area contributed by atoms with Crippen LogP contribution in [0.3, 0.4) is 0 Å². The fourth-order valence-corrected chi connectivity index (χ4v) is 3.50. The maximum Gasteiger partial charge on any atom is 0.329 e. The molecule has 27 heavy (non-hydrogen) atoms. The van der Waals surface area contributed by atoms with Gasteiger partial charge in [-0.25, -0.2) is 9.48 Å². The molecule has 1 fully saturated rings. The number of nitro benzene ring substituents is 1. The number of carbonyl (C=O) groups excluding carboxylic acids is 1. The number of nitrogens with zero attached hydrogens (tertiary/aromatic N) is 4. The van der Waals surface area contributed by atoms with Gasteiger partial charge < -0.3 is 10.0 Å². The highest BCUT2D eigenvalue weighted by Crippen LogP contribution is 2.34. The van der Waals surface area contributed by atoms with Gasteiger partial charge in [0.2, 0.25) is 0 Å². The van der Waals surface area contributed by atoms with Crippen molar-refractivity contribution in [1.82, 2.24) is 14.7 Å². The van der Waals surface area contributed by atoms with E-state index in [1.807, 2.05) is 0 Å². The Hall–Kier alpha value is -3.23. The second-order valence-electron chi connectivity index (χ2n) is 6.68. The molecule has 3 rings (SSSR count). The van der Waals surface area contributed by atoms with Crippen molar-refractivity contribution in [1.29, 1.82) is 0 Å². The summed E-state index contributed by atoms with van der Waals surface area (Å²) in [7, 11) is 1.51. The number of aromatic nitrogens is 2. The summed E-state index contributed by atoms with van der Waals surface area (Å²) in [6.07, 6.45) is 4.91. The van der Waals surface area contributed by atoms with E-state index in [-0.39, 0.29) is 11.4 Å². The van der Waals surface area contributed by atoms with E-state index in [0.29, 0.717) is 18.5 Å². The van der Waals surface area contributed by atoms with Gasteiger partial charge in [-0.1, -0.05) is 19.3 Å². The third-order valence-corrected chi connectivity index (χ3v) is 5.16. The summed E-state index contributed by atoms with van der Waals surface area (Å²) in [6, 6.07) is 7.28. The van der Waals surface area contributed by atoms with Gasteiger partial charge in [0.25, 0.3) is 11.6 Å². The lowest BCUT2D eigenvalue weighted by Crippen LogP contribution is -2.56. The lowest BCUT2D eigenvalue weighted by atomic mass is 9.80. The molecule has 0 unspecified atom stereocenters. The van der Waals surface area contributed by atoms with E-state index in [9.17, 15) is 24.8 Å². The van der Waals surface area contributed by atoms with Gasteiger partial charge in [0.1, 0.15) is 5.54 Å². The first-order valence-corrected chi connectivity index (χ1v) is 8.67. The topological polar surface area (TPSA) is 119 Å². The molecule has 0 saturated heterocycles. The molecule has 9 nitrogen and oxygen atoms in total. The van der Waals surface area contributed by atoms with Gasteiger partial charge in [0, 0.05) is 25.4 Å². The van der Waals surface area contributed by atoms with Crippen LogP contribution < -0.4 is 0 Å². The minimum absolute atomic E-state index is 0.0392. The minimum Gasteiger partial charge on any atom is -0.479 e. The fraction of sp³-hybridized carbons (Fsp3) is 0.389. The smallest absolute Gasteiger partial charge is 0.329 e. The molecule has 1 aliphatic carbocycles. The van der Waals surface area contributed by atoms with Crippen molar-refractivity contribution in [3.63, 3.8) is 0 Å². The molecule has 0 atom stereocenters. The molecule has 1 saturated carbocycles. The van der Waals surface area contributed by atoms with E-state index in [1.54, 1.807) is 6.20 Å². The van der Waals surface area contributed by atoms with E-state index >= 15 is 0 Å². The Kier molecular flexibility index (Phi) is 4.93. The summed E-state index contributed by atoms with van der Waals surface area (Å²) in [5, 5.41) is 24.7. The predicted molar refractivity (Wildman–Crippen MR) is 95.8 cm³/mol. The van der Waals surface area contributed by atoms with Gasteiger partial charge in [-0.05, 0) is 31.0 Å². The number of hydrogen-bond acceptors (Lipinski definition) is 5. The number of amides is 1. The number of aliphatic carboxylic acids is 1. The van der Waals surface area contributed by atoms with Crippen molar-refractivity contribution >= 4 is 17.6 Å². The molecule has 2 aromatic rings. The van der Waals surface area contributed by atoms with Gasteiger partial charge in [-0.3, -0.25) is 14.9 Å². The fourth-order valence-electron chi connectivity index (χ4n) is 3.50. The molecule has 0 aliphatic heterocycles. The first kappa shape index (κ1) is 18.6. The van der Waals surface area contributed by atoms with Crippen LogP contribution in [0.2, 0.25) is 0 Å². The number of benzene rings is 1. The van der Waals surface area contributed by atoms with Crippen molar-refractivity contribution in [2.75, 3.05) is 7.05 Å². The number of carboxylic acids is 1. The third-order valence-electron chi connectivity index (χ3n) is 5.16. The summed E-state index contributed by atoms with van der Waals surface area (Å²) in [6.45, 7) is 0. The maximum atomic E-state index is 12.8. The highest BCUT2D eigenvalue weighted by molar-refractivity contribution is 5.96. The number of rotatable bonds is 5. The Bertz CT molecular complexity index is 868. The molecular formula is C18H20N4O5. The second kappa shape index (κ2) is 7.18. The standard InChI is InChI=1S/C18H20N4O5/c1-20(18(17(24)25)10-3-2-4-11-18)16(23)15-9-12-21(19-15)13-5-7-14(8-6-13)22(26)27/h5-9,12H,2-4,10-11H2,1H3,(H,24,25).